The highest BCUT2D eigenvalue weighted by atomic mass is 16.3. The van der Waals surface area contributed by atoms with E-state index in [1.54, 1.807) is 0 Å². The number of aliphatic hydroxyl groups is 2. The van der Waals surface area contributed by atoms with E-state index in [1.807, 2.05) is 11.6 Å². The molecule has 1 atom stereocenters. The van der Waals surface area contributed by atoms with Gasteiger partial charge in [-0.25, -0.2) is 0 Å². The second-order valence-corrected chi connectivity index (χ2v) is 6.90. The highest BCUT2D eigenvalue weighted by Crippen LogP contribution is 2.37. The van der Waals surface area contributed by atoms with Gasteiger partial charge in [0.15, 0.2) is 0 Å². The quantitative estimate of drug-likeness (QED) is 0.772. The van der Waals surface area contributed by atoms with Gasteiger partial charge >= 0.3 is 0 Å². The van der Waals surface area contributed by atoms with Crippen molar-refractivity contribution in [2.24, 2.45) is 0 Å². The van der Waals surface area contributed by atoms with E-state index in [0.29, 0.717) is 12.6 Å². The molecule has 0 aliphatic heterocycles. The van der Waals surface area contributed by atoms with Crippen LogP contribution < -0.4 is 0 Å². The van der Waals surface area contributed by atoms with Gasteiger partial charge in [0.05, 0.1) is 18.8 Å². The van der Waals surface area contributed by atoms with Gasteiger partial charge in [-0.2, -0.15) is 5.10 Å². The van der Waals surface area contributed by atoms with Crippen LogP contribution in [0.2, 0.25) is 0 Å². The van der Waals surface area contributed by atoms with Crippen LogP contribution in [0.25, 0.3) is 0 Å². The summed E-state index contributed by atoms with van der Waals surface area (Å²) < 4.78 is 1.90. The molecule has 136 valence electrons. The van der Waals surface area contributed by atoms with Gasteiger partial charge in [0, 0.05) is 37.0 Å². The molecule has 25 heavy (non-hydrogen) atoms. The van der Waals surface area contributed by atoms with E-state index in [-0.39, 0.29) is 13.2 Å². The van der Waals surface area contributed by atoms with E-state index < -0.39 is 0 Å². The van der Waals surface area contributed by atoms with Gasteiger partial charge in [0.2, 0.25) is 0 Å². The molecule has 0 radical (unpaired) electrons. The molecule has 3 rings (SSSR count). The maximum absolute atomic E-state index is 9.33. The van der Waals surface area contributed by atoms with E-state index >= 15 is 0 Å². The third kappa shape index (κ3) is 3.78. The van der Waals surface area contributed by atoms with Crippen LogP contribution >= 0.6 is 0 Å². The fraction of sp³-hybridized carbons (Fsp3) is 0.550. The number of aliphatic hydroxyl groups excluding tert-OH is 2. The molecule has 1 heterocycles. The summed E-state index contributed by atoms with van der Waals surface area (Å²) in [4.78, 5) is 2.49. The van der Waals surface area contributed by atoms with Gasteiger partial charge in [0.1, 0.15) is 0 Å². The Hall–Kier alpha value is -1.69. The minimum atomic E-state index is 0.103. The van der Waals surface area contributed by atoms with Gasteiger partial charge in [-0.05, 0) is 44.2 Å². The van der Waals surface area contributed by atoms with Gasteiger partial charge in [-0.15, -0.1) is 0 Å². The van der Waals surface area contributed by atoms with Gasteiger partial charge < -0.3 is 10.2 Å². The Bertz CT molecular complexity index is 711. The molecule has 1 aromatic carbocycles. The molecule has 0 saturated carbocycles. The summed E-state index contributed by atoms with van der Waals surface area (Å²) in [5.74, 6) is 0. The van der Waals surface area contributed by atoms with E-state index in [2.05, 4.69) is 41.2 Å². The van der Waals surface area contributed by atoms with Crippen LogP contribution in [0.5, 0.6) is 0 Å². The Morgan fingerprint density at radius 3 is 2.76 bits per heavy atom. The smallest absolute Gasteiger partial charge is 0.0644 e. The average Bonchev–Trinajstić information content (AvgIpc) is 3.15. The van der Waals surface area contributed by atoms with Crippen LogP contribution in [-0.2, 0) is 19.5 Å². The molecular weight excluding hydrogens is 314 g/mol. The Labute approximate surface area is 149 Å². The molecule has 1 unspecified atom stereocenters. The first kappa shape index (κ1) is 18.1. The summed E-state index contributed by atoms with van der Waals surface area (Å²) in [6, 6.07) is 9.12. The lowest BCUT2D eigenvalue weighted by molar-refractivity contribution is 0.165. The molecule has 2 aromatic rings. The predicted octanol–water partition coefficient (Wildman–Crippen LogP) is 2.36. The third-order valence-electron chi connectivity index (χ3n) is 5.35. The molecule has 1 aliphatic rings. The summed E-state index contributed by atoms with van der Waals surface area (Å²) in [7, 11) is 0. The number of benzene rings is 1. The molecule has 0 fully saturated rings. The fourth-order valence-corrected chi connectivity index (χ4v) is 4.01. The van der Waals surface area contributed by atoms with Gasteiger partial charge in [-0.1, -0.05) is 24.3 Å². The van der Waals surface area contributed by atoms with Crippen molar-refractivity contribution in [3.05, 3.63) is 52.3 Å². The van der Waals surface area contributed by atoms with Crippen LogP contribution in [-0.4, -0.2) is 44.7 Å². The van der Waals surface area contributed by atoms with Crippen molar-refractivity contribution in [2.45, 2.75) is 52.2 Å². The summed E-state index contributed by atoms with van der Waals surface area (Å²) >= 11 is 0. The Morgan fingerprint density at radius 1 is 1.20 bits per heavy atom. The van der Waals surface area contributed by atoms with Gasteiger partial charge in [-0.3, -0.25) is 9.58 Å². The predicted molar refractivity (Wildman–Crippen MR) is 98.4 cm³/mol. The first-order chi connectivity index (χ1) is 12.2. The normalized spacial score (nSPS) is 16.6. The number of hydrogen-bond donors (Lipinski definition) is 2. The minimum Gasteiger partial charge on any atom is -0.396 e. The first-order valence-corrected chi connectivity index (χ1v) is 9.22. The SMILES string of the molecule is Cc1nn(CCO)c(C)c1CN(CCCO)C1CCc2ccccc21. The molecular formula is C20H29N3O2. The van der Waals surface area contributed by atoms with Crippen molar-refractivity contribution < 1.29 is 10.2 Å². The molecule has 5 heteroatoms. The first-order valence-electron chi connectivity index (χ1n) is 9.22. The summed E-state index contributed by atoms with van der Waals surface area (Å²) in [6.45, 7) is 6.69. The largest absolute Gasteiger partial charge is 0.396 e. The minimum absolute atomic E-state index is 0.103. The molecule has 0 spiro atoms. The lowest BCUT2D eigenvalue weighted by Gasteiger charge is -2.30. The highest BCUT2D eigenvalue weighted by Gasteiger charge is 2.28. The molecule has 5 nitrogen and oxygen atoms in total. The summed E-state index contributed by atoms with van der Waals surface area (Å²) in [5.41, 5.74) is 6.29. The molecule has 2 N–H and O–H groups in total. The van der Waals surface area contributed by atoms with Crippen molar-refractivity contribution in [3.63, 3.8) is 0 Å². The number of aryl methyl sites for hydroxylation is 2. The van der Waals surface area contributed by atoms with Crippen molar-refractivity contribution in [3.8, 4) is 0 Å². The maximum atomic E-state index is 9.33. The van der Waals surface area contributed by atoms with Crippen LogP contribution in [0.15, 0.2) is 24.3 Å². The van der Waals surface area contributed by atoms with Crippen molar-refractivity contribution in [1.29, 1.82) is 0 Å². The maximum Gasteiger partial charge on any atom is 0.0644 e. The third-order valence-corrected chi connectivity index (χ3v) is 5.35. The fourth-order valence-electron chi connectivity index (χ4n) is 4.01. The topological polar surface area (TPSA) is 61.5 Å². The van der Waals surface area contributed by atoms with Gasteiger partial charge in [0.25, 0.3) is 0 Å². The molecule has 1 aromatic heterocycles. The zero-order chi connectivity index (χ0) is 17.8. The van der Waals surface area contributed by atoms with Crippen LogP contribution in [0.1, 0.15) is 47.0 Å². The van der Waals surface area contributed by atoms with Crippen LogP contribution in [0.3, 0.4) is 0 Å². The second kappa shape index (κ2) is 8.13. The molecule has 0 bridgehead atoms. The zero-order valence-corrected chi connectivity index (χ0v) is 15.3. The molecule has 1 aliphatic carbocycles. The summed E-state index contributed by atoms with van der Waals surface area (Å²) in [6.07, 6.45) is 3.04. The molecule has 0 saturated heterocycles. The summed E-state index contributed by atoms with van der Waals surface area (Å²) in [5, 5.41) is 23.1. The van der Waals surface area contributed by atoms with E-state index in [0.717, 1.165) is 43.7 Å². The lowest BCUT2D eigenvalue weighted by atomic mass is 10.0. The molecule has 0 amide bonds. The standard InChI is InChI=1S/C20H29N3O2/c1-15-19(16(2)23(21-15)11-13-25)14-22(10-5-12-24)20-9-8-17-6-3-4-7-18(17)20/h3-4,6-7,20,24-25H,5,8-14H2,1-2H3. The number of nitrogens with zero attached hydrogens (tertiary/aromatic N) is 3. The Morgan fingerprint density at radius 2 is 2.00 bits per heavy atom. The lowest BCUT2D eigenvalue weighted by Crippen LogP contribution is -2.29. The Balaban J connectivity index is 1.85. The Kier molecular flexibility index (Phi) is 5.89. The second-order valence-electron chi connectivity index (χ2n) is 6.90. The van der Waals surface area contributed by atoms with Crippen molar-refractivity contribution in [1.82, 2.24) is 14.7 Å². The van der Waals surface area contributed by atoms with E-state index in [1.165, 1.54) is 16.7 Å². The monoisotopic (exact) mass is 343 g/mol. The average molecular weight is 343 g/mol. The number of hydrogen-bond acceptors (Lipinski definition) is 4. The number of fused-ring (bicyclic) bond motifs is 1. The van der Waals surface area contributed by atoms with E-state index in [4.69, 9.17) is 0 Å². The number of aromatic nitrogens is 2. The van der Waals surface area contributed by atoms with E-state index in [9.17, 15) is 10.2 Å². The highest BCUT2D eigenvalue weighted by molar-refractivity contribution is 5.35. The van der Waals surface area contributed by atoms with Crippen molar-refractivity contribution >= 4 is 0 Å². The van der Waals surface area contributed by atoms with Crippen LogP contribution in [0.4, 0.5) is 0 Å². The van der Waals surface area contributed by atoms with Crippen molar-refractivity contribution in [2.75, 3.05) is 19.8 Å². The van der Waals surface area contributed by atoms with Crippen LogP contribution in [0, 0.1) is 13.8 Å². The number of rotatable bonds is 8. The zero-order valence-electron chi connectivity index (χ0n) is 15.3.